The SMILES string of the molecule is CN(CC1CC(Br)C1)C(=O)C1CCCCS1(=O)=O. The Morgan fingerprint density at radius 1 is 1.33 bits per heavy atom. The summed E-state index contributed by atoms with van der Waals surface area (Å²) in [6.07, 6.45) is 4.20. The Morgan fingerprint density at radius 2 is 2.00 bits per heavy atom. The second kappa shape index (κ2) is 5.49. The van der Waals surface area contributed by atoms with E-state index in [9.17, 15) is 13.2 Å². The molecule has 2 fully saturated rings. The molecule has 0 aromatic rings. The predicted octanol–water partition coefficient (Wildman–Crippen LogP) is 1.59. The third-order valence-corrected chi connectivity index (χ3v) is 6.85. The fourth-order valence-corrected chi connectivity index (χ4v) is 5.72. The second-order valence-corrected chi connectivity index (χ2v) is 9.10. The van der Waals surface area contributed by atoms with Gasteiger partial charge in [-0.3, -0.25) is 4.79 Å². The van der Waals surface area contributed by atoms with E-state index in [0.717, 1.165) is 19.3 Å². The molecule has 1 atom stereocenters. The van der Waals surface area contributed by atoms with Gasteiger partial charge in [0.05, 0.1) is 5.75 Å². The molecule has 2 aliphatic rings. The Labute approximate surface area is 117 Å². The molecule has 0 spiro atoms. The molecule has 0 aromatic carbocycles. The molecule has 1 amide bonds. The molecular weight excluding hydrogens is 318 g/mol. The number of sulfone groups is 1. The molecule has 6 heteroatoms. The summed E-state index contributed by atoms with van der Waals surface area (Å²) in [5.41, 5.74) is 0. The van der Waals surface area contributed by atoms with Gasteiger partial charge in [-0.2, -0.15) is 0 Å². The number of carbonyl (C=O) groups is 1. The third kappa shape index (κ3) is 3.07. The van der Waals surface area contributed by atoms with Crippen LogP contribution >= 0.6 is 15.9 Å². The summed E-state index contributed by atoms with van der Waals surface area (Å²) in [6, 6.07) is 0. The van der Waals surface area contributed by atoms with E-state index in [4.69, 9.17) is 0 Å². The molecule has 0 bridgehead atoms. The van der Waals surface area contributed by atoms with Gasteiger partial charge in [0.15, 0.2) is 9.84 Å². The molecule has 0 N–H and O–H groups in total. The molecule has 2 rings (SSSR count). The van der Waals surface area contributed by atoms with Crippen LogP contribution in [0.1, 0.15) is 32.1 Å². The number of carbonyl (C=O) groups excluding carboxylic acids is 1. The summed E-state index contributed by atoms with van der Waals surface area (Å²) in [5.74, 6) is 0.492. The van der Waals surface area contributed by atoms with Crippen molar-refractivity contribution in [1.82, 2.24) is 4.90 Å². The fourth-order valence-electron chi connectivity index (χ4n) is 2.76. The first kappa shape index (κ1) is 14.3. The highest BCUT2D eigenvalue weighted by molar-refractivity contribution is 9.09. The van der Waals surface area contributed by atoms with Crippen LogP contribution in [-0.2, 0) is 14.6 Å². The minimum atomic E-state index is -3.20. The van der Waals surface area contributed by atoms with Gasteiger partial charge in [-0.1, -0.05) is 22.4 Å². The molecule has 104 valence electrons. The Balaban J connectivity index is 1.93. The molecule has 4 nitrogen and oxygen atoms in total. The van der Waals surface area contributed by atoms with Gasteiger partial charge in [0.25, 0.3) is 0 Å². The van der Waals surface area contributed by atoms with Gasteiger partial charge in [0, 0.05) is 18.4 Å². The van der Waals surface area contributed by atoms with Crippen LogP contribution in [0.2, 0.25) is 0 Å². The van der Waals surface area contributed by atoms with Gasteiger partial charge in [0.1, 0.15) is 5.25 Å². The number of hydrogen-bond acceptors (Lipinski definition) is 3. The number of halogens is 1. The van der Waals surface area contributed by atoms with Gasteiger partial charge >= 0.3 is 0 Å². The quantitative estimate of drug-likeness (QED) is 0.735. The van der Waals surface area contributed by atoms with Crippen molar-refractivity contribution in [1.29, 1.82) is 0 Å². The Bertz CT molecular complexity index is 417. The van der Waals surface area contributed by atoms with E-state index in [1.807, 2.05) is 0 Å². The maximum atomic E-state index is 12.2. The third-order valence-electron chi connectivity index (χ3n) is 3.94. The van der Waals surface area contributed by atoms with Crippen molar-refractivity contribution in [3.05, 3.63) is 0 Å². The van der Waals surface area contributed by atoms with Crippen molar-refractivity contribution in [2.24, 2.45) is 5.92 Å². The molecule has 1 saturated carbocycles. The van der Waals surface area contributed by atoms with E-state index in [2.05, 4.69) is 15.9 Å². The van der Waals surface area contributed by atoms with Crippen LogP contribution in [0.3, 0.4) is 0 Å². The molecule has 1 aliphatic carbocycles. The normalized spacial score (nSPS) is 34.7. The topological polar surface area (TPSA) is 54.5 Å². The highest BCUT2D eigenvalue weighted by Crippen LogP contribution is 2.34. The summed E-state index contributed by atoms with van der Waals surface area (Å²) in [5, 5.41) is -0.781. The lowest BCUT2D eigenvalue weighted by molar-refractivity contribution is -0.130. The van der Waals surface area contributed by atoms with Crippen LogP contribution < -0.4 is 0 Å². The summed E-state index contributed by atoms with van der Waals surface area (Å²) < 4.78 is 23.8. The first-order chi connectivity index (χ1) is 8.40. The van der Waals surface area contributed by atoms with Crippen LogP contribution in [0.25, 0.3) is 0 Å². The minimum absolute atomic E-state index is 0.171. The van der Waals surface area contributed by atoms with Crippen molar-refractivity contribution in [3.63, 3.8) is 0 Å². The molecule has 0 aromatic heterocycles. The minimum Gasteiger partial charge on any atom is -0.344 e. The highest BCUT2D eigenvalue weighted by atomic mass is 79.9. The lowest BCUT2D eigenvalue weighted by atomic mass is 9.85. The number of alkyl halides is 1. The van der Waals surface area contributed by atoms with Crippen molar-refractivity contribution >= 4 is 31.7 Å². The van der Waals surface area contributed by atoms with Crippen LogP contribution in [0.15, 0.2) is 0 Å². The Kier molecular flexibility index (Phi) is 4.36. The number of rotatable bonds is 3. The average Bonchev–Trinajstić information content (AvgIpc) is 2.25. The van der Waals surface area contributed by atoms with E-state index in [0.29, 0.717) is 30.1 Å². The Hall–Kier alpha value is -0.100. The summed E-state index contributed by atoms with van der Waals surface area (Å²) in [6.45, 7) is 0.687. The largest absolute Gasteiger partial charge is 0.344 e. The van der Waals surface area contributed by atoms with Gasteiger partial charge in [-0.15, -0.1) is 0 Å². The van der Waals surface area contributed by atoms with Gasteiger partial charge in [0.2, 0.25) is 5.91 Å². The van der Waals surface area contributed by atoms with Crippen molar-refractivity contribution in [3.8, 4) is 0 Å². The smallest absolute Gasteiger partial charge is 0.240 e. The molecule has 1 saturated heterocycles. The molecule has 18 heavy (non-hydrogen) atoms. The first-order valence-electron chi connectivity index (χ1n) is 6.51. The summed E-state index contributed by atoms with van der Waals surface area (Å²) in [7, 11) is -1.47. The average molecular weight is 338 g/mol. The summed E-state index contributed by atoms with van der Waals surface area (Å²) >= 11 is 3.52. The molecule has 1 aliphatic heterocycles. The van der Waals surface area contributed by atoms with Crippen molar-refractivity contribution in [2.45, 2.75) is 42.2 Å². The zero-order valence-electron chi connectivity index (χ0n) is 10.6. The van der Waals surface area contributed by atoms with E-state index in [1.165, 1.54) is 0 Å². The maximum absolute atomic E-state index is 12.2. The van der Waals surface area contributed by atoms with Gasteiger partial charge < -0.3 is 4.90 Å². The van der Waals surface area contributed by atoms with E-state index in [1.54, 1.807) is 11.9 Å². The predicted molar refractivity (Wildman–Crippen MR) is 74.5 cm³/mol. The number of nitrogens with zero attached hydrogens (tertiary/aromatic N) is 1. The van der Waals surface area contributed by atoms with Crippen LogP contribution in [0.5, 0.6) is 0 Å². The lowest BCUT2D eigenvalue weighted by Gasteiger charge is -2.35. The van der Waals surface area contributed by atoms with Crippen LogP contribution in [0, 0.1) is 5.92 Å². The van der Waals surface area contributed by atoms with E-state index in [-0.39, 0.29) is 11.7 Å². The van der Waals surface area contributed by atoms with Crippen molar-refractivity contribution in [2.75, 3.05) is 19.3 Å². The fraction of sp³-hybridized carbons (Fsp3) is 0.917. The van der Waals surface area contributed by atoms with Gasteiger partial charge in [-0.25, -0.2) is 8.42 Å². The van der Waals surface area contributed by atoms with Crippen molar-refractivity contribution < 1.29 is 13.2 Å². The maximum Gasteiger partial charge on any atom is 0.240 e. The zero-order valence-corrected chi connectivity index (χ0v) is 13.0. The number of hydrogen-bond donors (Lipinski definition) is 0. The first-order valence-corrected chi connectivity index (χ1v) is 9.14. The second-order valence-electron chi connectivity index (χ2n) is 5.50. The van der Waals surface area contributed by atoms with E-state index < -0.39 is 15.1 Å². The monoisotopic (exact) mass is 337 g/mol. The molecular formula is C12H20BrNO3S. The van der Waals surface area contributed by atoms with Crippen LogP contribution in [0.4, 0.5) is 0 Å². The lowest BCUT2D eigenvalue weighted by Crippen LogP contribution is -2.46. The standard InChI is InChI=1S/C12H20BrNO3S/c1-14(8-9-6-10(13)7-9)12(15)11-4-2-3-5-18(11,16)17/h9-11H,2-8H2,1H3. The van der Waals surface area contributed by atoms with Gasteiger partial charge in [-0.05, 0) is 31.6 Å². The molecule has 0 radical (unpaired) electrons. The Morgan fingerprint density at radius 3 is 2.56 bits per heavy atom. The van der Waals surface area contributed by atoms with Crippen LogP contribution in [-0.4, -0.2) is 48.6 Å². The van der Waals surface area contributed by atoms with E-state index >= 15 is 0 Å². The molecule has 1 unspecified atom stereocenters. The number of amides is 1. The zero-order chi connectivity index (χ0) is 13.3. The molecule has 1 heterocycles. The highest BCUT2D eigenvalue weighted by Gasteiger charge is 2.37. The summed E-state index contributed by atoms with van der Waals surface area (Å²) in [4.78, 5) is 14.4.